The van der Waals surface area contributed by atoms with Gasteiger partial charge in [-0.25, -0.2) is 9.11 Å². The largest absolute Gasteiger partial charge is 0.384 e. The van der Waals surface area contributed by atoms with Gasteiger partial charge in [-0.05, 0) is 31.0 Å². The van der Waals surface area contributed by atoms with E-state index in [9.17, 15) is 17.9 Å². The highest BCUT2D eigenvalue weighted by atomic mass is 32.2. The van der Waals surface area contributed by atoms with Crippen LogP contribution < -0.4 is 9.44 Å². The predicted octanol–water partition coefficient (Wildman–Crippen LogP) is 0.867. The molecule has 1 unspecified atom stereocenters. The minimum absolute atomic E-state index is 0.197. The number of nitrogens with one attached hydrogen (secondary N) is 2. The molecule has 0 aliphatic heterocycles. The molecule has 0 saturated carbocycles. The first-order valence-corrected chi connectivity index (χ1v) is 7.48. The summed E-state index contributed by atoms with van der Waals surface area (Å²) in [6, 6.07) is 5.27. The van der Waals surface area contributed by atoms with Crippen molar-refractivity contribution in [2.45, 2.75) is 25.9 Å². The normalized spacial score (nSPS) is 15.2. The maximum absolute atomic E-state index is 12.8. The Balaban J connectivity index is 2.67. The molecule has 3 N–H and O–H groups in total. The van der Waals surface area contributed by atoms with Gasteiger partial charge in [-0.1, -0.05) is 19.1 Å². The fourth-order valence-electron chi connectivity index (χ4n) is 1.43. The molecular formula is C12H19FN2O3S. The minimum Gasteiger partial charge on any atom is -0.384 e. The van der Waals surface area contributed by atoms with E-state index in [0.717, 1.165) is 0 Å². The van der Waals surface area contributed by atoms with Gasteiger partial charge < -0.3 is 5.11 Å². The average Bonchev–Trinajstić information content (AvgIpc) is 2.35. The molecule has 0 aliphatic carbocycles. The van der Waals surface area contributed by atoms with E-state index in [0.29, 0.717) is 18.5 Å². The molecule has 108 valence electrons. The van der Waals surface area contributed by atoms with Gasteiger partial charge in [-0.2, -0.15) is 13.1 Å². The van der Waals surface area contributed by atoms with Gasteiger partial charge in [0.25, 0.3) is 10.2 Å². The maximum Gasteiger partial charge on any atom is 0.277 e. The molecule has 1 aromatic carbocycles. The molecule has 0 bridgehead atoms. The van der Waals surface area contributed by atoms with E-state index in [1.165, 1.54) is 31.2 Å². The van der Waals surface area contributed by atoms with Gasteiger partial charge in [0.15, 0.2) is 0 Å². The monoisotopic (exact) mass is 290 g/mol. The average molecular weight is 290 g/mol. The quantitative estimate of drug-likeness (QED) is 0.697. The van der Waals surface area contributed by atoms with Crippen LogP contribution in [0.25, 0.3) is 0 Å². The molecule has 0 radical (unpaired) electrons. The molecule has 0 aromatic heterocycles. The Labute approximate surface area is 113 Å². The highest BCUT2D eigenvalue weighted by Gasteiger charge is 2.25. The van der Waals surface area contributed by atoms with E-state index in [-0.39, 0.29) is 6.54 Å². The Bertz CT molecular complexity index is 500. The second-order valence-electron chi connectivity index (χ2n) is 4.50. The Morgan fingerprint density at radius 2 is 1.84 bits per heavy atom. The van der Waals surface area contributed by atoms with E-state index < -0.39 is 21.6 Å². The van der Waals surface area contributed by atoms with Crippen LogP contribution in [0.1, 0.15) is 25.8 Å². The van der Waals surface area contributed by atoms with Crippen molar-refractivity contribution >= 4 is 10.2 Å². The van der Waals surface area contributed by atoms with Crippen molar-refractivity contribution in [3.63, 3.8) is 0 Å². The second-order valence-corrected chi connectivity index (χ2v) is 6.08. The van der Waals surface area contributed by atoms with E-state index in [4.69, 9.17) is 0 Å². The first kappa shape index (κ1) is 16.0. The summed E-state index contributed by atoms with van der Waals surface area (Å²) in [6.07, 6.45) is 0.676. The van der Waals surface area contributed by atoms with Gasteiger partial charge in [0.1, 0.15) is 11.4 Å². The molecule has 0 amide bonds. The van der Waals surface area contributed by atoms with Crippen molar-refractivity contribution in [3.8, 4) is 0 Å². The molecule has 1 rings (SSSR count). The van der Waals surface area contributed by atoms with Gasteiger partial charge >= 0.3 is 0 Å². The number of hydrogen-bond donors (Lipinski definition) is 3. The van der Waals surface area contributed by atoms with E-state index >= 15 is 0 Å². The van der Waals surface area contributed by atoms with E-state index in [1.54, 1.807) is 0 Å². The summed E-state index contributed by atoms with van der Waals surface area (Å²) in [4.78, 5) is 0. The molecule has 19 heavy (non-hydrogen) atoms. The molecule has 1 aromatic rings. The van der Waals surface area contributed by atoms with Crippen molar-refractivity contribution in [1.82, 2.24) is 9.44 Å². The standard InChI is InChI=1S/C12H19FN2O3S/c1-3-8-14-19(17,18)15-9-12(2,16)10-4-6-11(13)7-5-10/h4-7,14-16H,3,8-9H2,1-2H3. The minimum atomic E-state index is -3.63. The zero-order valence-electron chi connectivity index (χ0n) is 11.0. The predicted molar refractivity (Wildman–Crippen MR) is 71.2 cm³/mol. The molecule has 5 nitrogen and oxygen atoms in total. The lowest BCUT2D eigenvalue weighted by atomic mass is 9.96. The zero-order chi connectivity index (χ0) is 14.5. The van der Waals surface area contributed by atoms with Crippen LogP contribution in [0.2, 0.25) is 0 Å². The molecule has 0 saturated heterocycles. The summed E-state index contributed by atoms with van der Waals surface area (Å²) in [7, 11) is -3.63. The molecule has 1 atom stereocenters. The third-order valence-electron chi connectivity index (χ3n) is 2.61. The molecule has 0 fully saturated rings. The molecular weight excluding hydrogens is 271 g/mol. The second kappa shape index (κ2) is 6.42. The summed E-state index contributed by atoms with van der Waals surface area (Å²) in [5.74, 6) is -0.412. The van der Waals surface area contributed by atoms with Crippen LogP contribution in [0.3, 0.4) is 0 Å². The molecule has 0 aliphatic rings. The lowest BCUT2D eigenvalue weighted by Gasteiger charge is -2.24. The Kier molecular flexibility index (Phi) is 5.42. The van der Waals surface area contributed by atoms with Crippen molar-refractivity contribution < 1.29 is 17.9 Å². The van der Waals surface area contributed by atoms with Gasteiger partial charge in [-0.3, -0.25) is 0 Å². The number of hydrogen-bond acceptors (Lipinski definition) is 3. The summed E-state index contributed by atoms with van der Waals surface area (Å²) in [5.41, 5.74) is -0.971. The van der Waals surface area contributed by atoms with Crippen LogP contribution in [0.15, 0.2) is 24.3 Å². The number of halogens is 1. The van der Waals surface area contributed by atoms with Crippen LogP contribution in [0, 0.1) is 5.82 Å². The summed E-state index contributed by atoms with van der Waals surface area (Å²) in [5, 5.41) is 10.2. The van der Waals surface area contributed by atoms with Crippen molar-refractivity contribution in [2.75, 3.05) is 13.1 Å². The highest BCUT2D eigenvalue weighted by molar-refractivity contribution is 7.87. The lowest BCUT2D eigenvalue weighted by molar-refractivity contribution is 0.0626. The number of rotatable bonds is 7. The Morgan fingerprint density at radius 3 is 2.37 bits per heavy atom. The maximum atomic E-state index is 12.8. The highest BCUT2D eigenvalue weighted by Crippen LogP contribution is 2.19. The first-order valence-electron chi connectivity index (χ1n) is 5.99. The zero-order valence-corrected chi connectivity index (χ0v) is 11.8. The molecule has 0 heterocycles. The van der Waals surface area contributed by atoms with Gasteiger partial charge in [-0.15, -0.1) is 0 Å². The third kappa shape index (κ3) is 5.23. The summed E-state index contributed by atoms with van der Waals surface area (Å²) < 4.78 is 40.4. The lowest BCUT2D eigenvalue weighted by Crippen LogP contribution is -2.44. The summed E-state index contributed by atoms with van der Waals surface area (Å²) >= 11 is 0. The van der Waals surface area contributed by atoms with Crippen LogP contribution in [0.4, 0.5) is 4.39 Å². The first-order chi connectivity index (χ1) is 8.77. The Morgan fingerprint density at radius 1 is 1.26 bits per heavy atom. The summed E-state index contributed by atoms with van der Waals surface area (Å²) in [6.45, 7) is 3.44. The fraction of sp³-hybridized carbons (Fsp3) is 0.500. The van der Waals surface area contributed by atoms with Crippen LogP contribution in [-0.4, -0.2) is 26.6 Å². The van der Waals surface area contributed by atoms with Gasteiger partial charge in [0, 0.05) is 13.1 Å². The SMILES string of the molecule is CCCNS(=O)(=O)NCC(C)(O)c1ccc(F)cc1. The molecule has 7 heteroatoms. The van der Waals surface area contributed by atoms with Crippen molar-refractivity contribution in [1.29, 1.82) is 0 Å². The van der Waals surface area contributed by atoms with Crippen LogP contribution in [0.5, 0.6) is 0 Å². The third-order valence-corrected chi connectivity index (χ3v) is 3.72. The number of benzene rings is 1. The van der Waals surface area contributed by atoms with Gasteiger partial charge in [0.2, 0.25) is 0 Å². The topological polar surface area (TPSA) is 78.4 Å². The molecule has 0 spiro atoms. The fourth-order valence-corrected chi connectivity index (χ4v) is 2.48. The van der Waals surface area contributed by atoms with E-state index in [2.05, 4.69) is 9.44 Å². The Hall–Kier alpha value is -1.02. The number of aliphatic hydroxyl groups is 1. The smallest absolute Gasteiger partial charge is 0.277 e. The van der Waals surface area contributed by atoms with E-state index in [1.807, 2.05) is 6.92 Å². The van der Waals surface area contributed by atoms with Crippen LogP contribution >= 0.6 is 0 Å². The van der Waals surface area contributed by atoms with Crippen LogP contribution in [-0.2, 0) is 15.8 Å². The van der Waals surface area contributed by atoms with Crippen molar-refractivity contribution in [2.24, 2.45) is 0 Å². The van der Waals surface area contributed by atoms with Gasteiger partial charge in [0.05, 0.1) is 0 Å². The van der Waals surface area contributed by atoms with Crippen molar-refractivity contribution in [3.05, 3.63) is 35.6 Å².